The average molecular weight is 344 g/mol. The minimum atomic E-state index is -0.155. The van der Waals surface area contributed by atoms with Gasteiger partial charge in [-0.1, -0.05) is 5.16 Å². The van der Waals surface area contributed by atoms with Crippen molar-refractivity contribution in [2.24, 2.45) is 0 Å². The first-order valence-corrected chi connectivity index (χ1v) is 8.05. The Kier molecular flexibility index (Phi) is 5.03. The van der Waals surface area contributed by atoms with Crippen LogP contribution in [0.25, 0.3) is 0 Å². The van der Waals surface area contributed by atoms with Crippen molar-refractivity contribution in [3.8, 4) is 0 Å². The second-order valence-electron chi connectivity index (χ2n) is 5.98. The Balaban J connectivity index is 1.47. The summed E-state index contributed by atoms with van der Waals surface area (Å²) in [7, 11) is 0. The number of hydrogen-bond donors (Lipinski definition) is 1. The highest BCUT2D eigenvalue weighted by Crippen LogP contribution is 2.09. The minimum Gasteiger partial charge on any atom is -0.360 e. The molecule has 1 N–H and O–H groups in total. The van der Waals surface area contributed by atoms with Gasteiger partial charge in [-0.3, -0.25) is 19.5 Å². The third-order valence-corrected chi connectivity index (χ3v) is 3.92. The van der Waals surface area contributed by atoms with Crippen LogP contribution in [0, 0.1) is 13.8 Å². The molecule has 0 unspecified atom stereocenters. The summed E-state index contributed by atoms with van der Waals surface area (Å²) in [5.41, 5.74) is 1.12. The Morgan fingerprint density at radius 2 is 1.92 bits per heavy atom. The van der Waals surface area contributed by atoms with Gasteiger partial charge in [0.2, 0.25) is 5.91 Å². The van der Waals surface area contributed by atoms with Crippen molar-refractivity contribution in [3.05, 3.63) is 35.6 Å². The van der Waals surface area contributed by atoms with Crippen LogP contribution in [-0.2, 0) is 4.79 Å². The van der Waals surface area contributed by atoms with Gasteiger partial charge in [-0.2, -0.15) is 0 Å². The number of anilines is 1. The number of amides is 2. The maximum Gasteiger partial charge on any atom is 0.274 e. The fourth-order valence-electron chi connectivity index (χ4n) is 2.58. The lowest BCUT2D eigenvalue weighted by molar-refractivity contribution is -0.117. The second kappa shape index (κ2) is 7.39. The Hall–Kier alpha value is -2.81. The predicted octanol–water partition coefficient (Wildman–Crippen LogP) is 0.478. The molecular weight excluding hydrogens is 324 g/mol. The molecule has 3 rings (SSSR count). The summed E-state index contributed by atoms with van der Waals surface area (Å²) in [6.45, 7) is 6.17. The van der Waals surface area contributed by atoms with Crippen LogP contribution < -0.4 is 5.32 Å². The molecule has 0 radical (unpaired) electrons. The van der Waals surface area contributed by atoms with Crippen LogP contribution in [0.5, 0.6) is 0 Å². The molecule has 9 nitrogen and oxygen atoms in total. The van der Waals surface area contributed by atoms with E-state index in [0.717, 1.165) is 5.69 Å². The summed E-state index contributed by atoms with van der Waals surface area (Å²) in [6.07, 6.45) is 3.08. The average Bonchev–Trinajstić information content (AvgIpc) is 3.00. The van der Waals surface area contributed by atoms with Crippen LogP contribution in [-0.4, -0.2) is 69.5 Å². The molecule has 1 fully saturated rings. The summed E-state index contributed by atoms with van der Waals surface area (Å²) < 4.78 is 4.91. The molecule has 1 saturated heterocycles. The van der Waals surface area contributed by atoms with Gasteiger partial charge in [-0.05, 0) is 13.8 Å². The number of carbonyl (C=O) groups excluding carboxylic acids is 2. The number of aryl methyl sites for hydroxylation is 2. The Morgan fingerprint density at radius 3 is 2.52 bits per heavy atom. The van der Waals surface area contributed by atoms with E-state index in [2.05, 4.69) is 20.4 Å². The maximum absolute atomic E-state index is 12.4. The highest BCUT2D eigenvalue weighted by Gasteiger charge is 2.24. The molecule has 0 bridgehead atoms. The molecule has 1 aliphatic rings. The smallest absolute Gasteiger partial charge is 0.274 e. The first kappa shape index (κ1) is 17.0. The molecule has 0 spiro atoms. The first-order valence-electron chi connectivity index (χ1n) is 8.05. The fourth-order valence-corrected chi connectivity index (χ4v) is 2.58. The van der Waals surface area contributed by atoms with E-state index in [-0.39, 0.29) is 18.4 Å². The first-order chi connectivity index (χ1) is 12.0. The number of aromatic nitrogens is 3. The van der Waals surface area contributed by atoms with E-state index < -0.39 is 0 Å². The number of hydrogen-bond acceptors (Lipinski definition) is 7. The van der Waals surface area contributed by atoms with Crippen LogP contribution in [0.1, 0.15) is 21.9 Å². The Morgan fingerprint density at radius 1 is 1.16 bits per heavy atom. The molecule has 0 saturated carbocycles. The van der Waals surface area contributed by atoms with Crippen molar-refractivity contribution in [3.63, 3.8) is 0 Å². The van der Waals surface area contributed by atoms with Gasteiger partial charge in [0.1, 0.15) is 11.5 Å². The standard InChI is InChI=1S/C16H20N6O3/c1-11-8-18-13(9-17-11)16(24)22-5-3-21(4-6-22)10-15(23)19-14-7-12(2)25-20-14/h7-9H,3-6,10H2,1-2H3,(H,19,20,23). The number of carbonyl (C=O) groups is 2. The molecule has 9 heteroatoms. The molecule has 0 aromatic carbocycles. The van der Waals surface area contributed by atoms with Crippen molar-refractivity contribution in [1.29, 1.82) is 0 Å². The van der Waals surface area contributed by atoms with Crippen LogP contribution in [0.15, 0.2) is 23.0 Å². The molecule has 2 aromatic heterocycles. The summed E-state index contributed by atoms with van der Waals surface area (Å²) in [5, 5.41) is 6.42. The minimum absolute atomic E-state index is 0.130. The molecule has 1 aliphatic heterocycles. The van der Waals surface area contributed by atoms with Gasteiger partial charge < -0.3 is 14.7 Å². The van der Waals surface area contributed by atoms with Crippen LogP contribution >= 0.6 is 0 Å². The quantitative estimate of drug-likeness (QED) is 0.860. The topological polar surface area (TPSA) is 104 Å². The molecule has 132 valence electrons. The summed E-state index contributed by atoms with van der Waals surface area (Å²) in [4.78, 5) is 36.4. The largest absolute Gasteiger partial charge is 0.360 e. The van der Waals surface area contributed by atoms with Gasteiger partial charge in [0.05, 0.1) is 18.4 Å². The number of nitrogens with one attached hydrogen (secondary N) is 1. The molecule has 25 heavy (non-hydrogen) atoms. The highest BCUT2D eigenvalue weighted by molar-refractivity contribution is 5.92. The van der Waals surface area contributed by atoms with Crippen molar-refractivity contribution >= 4 is 17.6 Å². The Bertz CT molecular complexity index is 749. The lowest BCUT2D eigenvalue weighted by Crippen LogP contribution is -2.50. The maximum atomic E-state index is 12.4. The van der Waals surface area contributed by atoms with E-state index in [1.165, 1.54) is 6.20 Å². The van der Waals surface area contributed by atoms with Gasteiger partial charge in [-0.25, -0.2) is 4.98 Å². The van der Waals surface area contributed by atoms with Gasteiger partial charge in [0, 0.05) is 38.4 Å². The predicted molar refractivity (Wildman–Crippen MR) is 89.0 cm³/mol. The van der Waals surface area contributed by atoms with E-state index >= 15 is 0 Å². The molecule has 2 aromatic rings. The Labute approximate surface area is 145 Å². The van der Waals surface area contributed by atoms with E-state index in [1.807, 2.05) is 11.8 Å². The van der Waals surface area contributed by atoms with Crippen molar-refractivity contribution in [2.75, 3.05) is 38.0 Å². The van der Waals surface area contributed by atoms with Gasteiger partial charge in [-0.15, -0.1) is 0 Å². The monoisotopic (exact) mass is 344 g/mol. The third-order valence-electron chi connectivity index (χ3n) is 3.92. The summed E-state index contributed by atoms with van der Waals surface area (Å²) in [5.74, 6) is 0.767. The van der Waals surface area contributed by atoms with Crippen LogP contribution in [0.3, 0.4) is 0 Å². The normalized spacial score (nSPS) is 15.2. The SMILES string of the molecule is Cc1cnc(C(=O)N2CCN(CC(=O)Nc3cc(C)on3)CC2)cn1. The molecule has 0 aliphatic carbocycles. The van der Waals surface area contributed by atoms with Crippen LogP contribution in [0.2, 0.25) is 0 Å². The van der Waals surface area contributed by atoms with Gasteiger partial charge in [0.15, 0.2) is 5.82 Å². The lowest BCUT2D eigenvalue weighted by atomic mass is 10.2. The lowest BCUT2D eigenvalue weighted by Gasteiger charge is -2.34. The third kappa shape index (κ3) is 4.38. The summed E-state index contributed by atoms with van der Waals surface area (Å²) >= 11 is 0. The zero-order chi connectivity index (χ0) is 17.8. The van der Waals surface area contributed by atoms with Crippen molar-refractivity contribution < 1.29 is 14.1 Å². The van der Waals surface area contributed by atoms with E-state index in [1.54, 1.807) is 24.1 Å². The second-order valence-corrected chi connectivity index (χ2v) is 5.98. The molecule has 2 amide bonds. The highest BCUT2D eigenvalue weighted by atomic mass is 16.5. The van der Waals surface area contributed by atoms with Gasteiger partial charge >= 0.3 is 0 Å². The van der Waals surface area contributed by atoms with Gasteiger partial charge in [0.25, 0.3) is 5.91 Å². The molecule has 0 atom stereocenters. The van der Waals surface area contributed by atoms with E-state index in [0.29, 0.717) is 43.5 Å². The zero-order valence-electron chi connectivity index (χ0n) is 14.2. The number of nitrogens with zero attached hydrogens (tertiary/aromatic N) is 5. The fraction of sp³-hybridized carbons (Fsp3) is 0.438. The van der Waals surface area contributed by atoms with Crippen molar-refractivity contribution in [1.82, 2.24) is 24.9 Å². The van der Waals surface area contributed by atoms with E-state index in [4.69, 9.17) is 4.52 Å². The van der Waals surface area contributed by atoms with Crippen molar-refractivity contribution in [2.45, 2.75) is 13.8 Å². The number of rotatable bonds is 4. The zero-order valence-corrected chi connectivity index (χ0v) is 14.2. The molecule has 3 heterocycles. The van der Waals surface area contributed by atoms with E-state index in [9.17, 15) is 9.59 Å². The molecular formula is C16H20N6O3. The van der Waals surface area contributed by atoms with Crippen LogP contribution in [0.4, 0.5) is 5.82 Å². The summed E-state index contributed by atoms with van der Waals surface area (Å²) in [6, 6.07) is 1.66. The number of piperazine rings is 1.